The van der Waals surface area contributed by atoms with Crippen LogP contribution >= 0.6 is 23.1 Å². The van der Waals surface area contributed by atoms with Gasteiger partial charge in [0.05, 0.1) is 16.6 Å². The molecule has 0 spiro atoms. The van der Waals surface area contributed by atoms with Crippen molar-refractivity contribution in [1.82, 2.24) is 14.9 Å². The fourth-order valence-corrected chi connectivity index (χ4v) is 3.29. The lowest BCUT2D eigenvalue weighted by atomic mass is 9.89. The fourth-order valence-electron chi connectivity index (χ4n) is 2.07. The number of halogens is 2. The van der Waals surface area contributed by atoms with Crippen LogP contribution in [0.1, 0.15) is 42.9 Å². The predicted octanol–water partition coefficient (Wildman–Crippen LogP) is 3.94. The minimum Gasteiger partial charge on any atom is -0.309 e. The van der Waals surface area contributed by atoms with Gasteiger partial charge < -0.3 is 5.32 Å². The van der Waals surface area contributed by atoms with Crippen molar-refractivity contribution in [2.24, 2.45) is 0 Å². The second-order valence-electron chi connectivity index (χ2n) is 5.62. The van der Waals surface area contributed by atoms with Crippen LogP contribution in [0.2, 0.25) is 5.02 Å². The minimum absolute atomic E-state index is 0.128. The number of nitrogens with zero attached hydrogens (tertiary/aromatic N) is 2. The second kappa shape index (κ2) is 5.76. The van der Waals surface area contributed by atoms with Crippen molar-refractivity contribution in [3.8, 4) is 0 Å². The van der Waals surface area contributed by atoms with Crippen LogP contribution in [0.3, 0.4) is 0 Å². The number of hydrogen-bond acceptors (Lipinski definition) is 4. The van der Waals surface area contributed by atoms with Crippen molar-refractivity contribution in [1.29, 1.82) is 0 Å². The van der Waals surface area contributed by atoms with Crippen LogP contribution in [-0.2, 0) is 5.41 Å². The van der Waals surface area contributed by atoms with Crippen LogP contribution in [0.4, 0.5) is 4.39 Å². The summed E-state index contributed by atoms with van der Waals surface area (Å²) in [6.07, 6.45) is 0. The average molecular weight is 314 g/mol. The van der Waals surface area contributed by atoms with Gasteiger partial charge in [-0.3, -0.25) is 0 Å². The molecule has 0 saturated heterocycles. The SMILES string of the molecule is CNC(c1cc(F)ccc1Cl)c1snnc1C(C)(C)C. The summed E-state index contributed by atoms with van der Waals surface area (Å²) in [5.74, 6) is -0.306. The molecule has 0 amide bonds. The van der Waals surface area contributed by atoms with Gasteiger partial charge in [-0.15, -0.1) is 5.10 Å². The molecule has 0 bridgehead atoms. The van der Waals surface area contributed by atoms with E-state index in [1.807, 2.05) is 7.05 Å². The van der Waals surface area contributed by atoms with E-state index >= 15 is 0 Å². The molecule has 0 aliphatic heterocycles. The molecule has 0 saturated carbocycles. The van der Waals surface area contributed by atoms with Crippen molar-refractivity contribution in [2.75, 3.05) is 7.05 Å². The van der Waals surface area contributed by atoms with E-state index in [0.29, 0.717) is 10.6 Å². The highest BCUT2D eigenvalue weighted by atomic mass is 35.5. The zero-order valence-corrected chi connectivity index (χ0v) is 13.4. The molecule has 2 aromatic rings. The average Bonchev–Trinajstić information content (AvgIpc) is 2.83. The molecule has 2 rings (SSSR count). The van der Waals surface area contributed by atoms with Gasteiger partial charge in [0.2, 0.25) is 0 Å². The van der Waals surface area contributed by atoms with Crippen LogP contribution in [-0.4, -0.2) is 16.6 Å². The van der Waals surface area contributed by atoms with E-state index in [4.69, 9.17) is 11.6 Å². The van der Waals surface area contributed by atoms with E-state index in [2.05, 4.69) is 35.7 Å². The molecule has 0 aliphatic carbocycles. The van der Waals surface area contributed by atoms with Crippen molar-refractivity contribution in [3.63, 3.8) is 0 Å². The Morgan fingerprint density at radius 3 is 2.65 bits per heavy atom. The van der Waals surface area contributed by atoms with Gasteiger partial charge in [0.15, 0.2) is 0 Å². The smallest absolute Gasteiger partial charge is 0.123 e. The molecule has 1 aromatic carbocycles. The van der Waals surface area contributed by atoms with Gasteiger partial charge in [-0.2, -0.15) is 0 Å². The lowest BCUT2D eigenvalue weighted by Crippen LogP contribution is -2.22. The Kier molecular flexibility index (Phi) is 4.42. The Bertz CT molecular complexity index is 607. The van der Waals surface area contributed by atoms with Crippen LogP contribution in [0, 0.1) is 5.82 Å². The summed E-state index contributed by atoms with van der Waals surface area (Å²) in [5.41, 5.74) is 1.48. The topological polar surface area (TPSA) is 37.8 Å². The third-order valence-electron chi connectivity index (χ3n) is 3.04. The van der Waals surface area contributed by atoms with Gasteiger partial charge in [0.25, 0.3) is 0 Å². The van der Waals surface area contributed by atoms with E-state index in [1.165, 1.54) is 23.7 Å². The summed E-state index contributed by atoms with van der Waals surface area (Å²) >= 11 is 7.52. The summed E-state index contributed by atoms with van der Waals surface area (Å²) in [6.45, 7) is 6.23. The molecule has 1 N–H and O–H groups in total. The number of aromatic nitrogens is 2. The first-order valence-electron chi connectivity index (χ1n) is 6.29. The van der Waals surface area contributed by atoms with Gasteiger partial charge in [-0.1, -0.05) is 36.9 Å². The summed E-state index contributed by atoms with van der Waals surface area (Å²) < 4.78 is 17.6. The molecule has 1 atom stereocenters. The molecular weight excluding hydrogens is 297 g/mol. The first-order valence-corrected chi connectivity index (χ1v) is 7.44. The van der Waals surface area contributed by atoms with E-state index in [1.54, 1.807) is 6.07 Å². The Morgan fingerprint density at radius 1 is 1.35 bits per heavy atom. The van der Waals surface area contributed by atoms with Gasteiger partial charge >= 0.3 is 0 Å². The Balaban J connectivity index is 2.54. The van der Waals surface area contributed by atoms with Crippen LogP contribution < -0.4 is 5.32 Å². The van der Waals surface area contributed by atoms with Gasteiger partial charge in [0.1, 0.15) is 5.82 Å². The van der Waals surface area contributed by atoms with Crippen molar-refractivity contribution >= 4 is 23.1 Å². The highest BCUT2D eigenvalue weighted by Crippen LogP contribution is 2.36. The first-order chi connectivity index (χ1) is 9.34. The Labute approximate surface area is 127 Å². The van der Waals surface area contributed by atoms with E-state index < -0.39 is 0 Å². The molecule has 20 heavy (non-hydrogen) atoms. The molecule has 1 heterocycles. The minimum atomic E-state index is -0.306. The van der Waals surface area contributed by atoms with E-state index in [9.17, 15) is 4.39 Å². The number of rotatable bonds is 3. The molecule has 108 valence electrons. The Hall–Kier alpha value is -1.04. The molecule has 3 nitrogen and oxygen atoms in total. The molecule has 0 radical (unpaired) electrons. The summed E-state index contributed by atoms with van der Waals surface area (Å²) in [5, 5.41) is 7.93. The summed E-state index contributed by atoms with van der Waals surface area (Å²) in [4.78, 5) is 0.965. The van der Waals surface area contributed by atoms with Crippen LogP contribution in [0.5, 0.6) is 0 Å². The lowest BCUT2D eigenvalue weighted by Gasteiger charge is -2.22. The third-order valence-corrected chi connectivity index (χ3v) is 4.18. The maximum atomic E-state index is 13.5. The summed E-state index contributed by atoms with van der Waals surface area (Å²) in [7, 11) is 1.82. The fraction of sp³-hybridized carbons (Fsp3) is 0.429. The maximum Gasteiger partial charge on any atom is 0.123 e. The maximum absolute atomic E-state index is 13.5. The van der Waals surface area contributed by atoms with Gasteiger partial charge in [-0.25, -0.2) is 4.39 Å². The van der Waals surface area contributed by atoms with Crippen molar-refractivity contribution in [2.45, 2.75) is 32.2 Å². The quantitative estimate of drug-likeness (QED) is 0.932. The van der Waals surface area contributed by atoms with Gasteiger partial charge in [0, 0.05) is 10.4 Å². The predicted molar refractivity (Wildman–Crippen MR) is 80.9 cm³/mol. The molecule has 1 aromatic heterocycles. The molecule has 1 unspecified atom stereocenters. The molecule has 0 aliphatic rings. The van der Waals surface area contributed by atoms with E-state index in [0.717, 1.165) is 10.6 Å². The molecular formula is C14H17ClFN3S. The summed E-state index contributed by atoms with van der Waals surface area (Å²) in [6, 6.07) is 4.17. The van der Waals surface area contributed by atoms with Crippen LogP contribution in [0.15, 0.2) is 18.2 Å². The first kappa shape index (κ1) is 15.4. The normalized spacial score (nSPS) is 13.5. The highest BCUT2D eigenvalue weighted by Gasteiger charge is 2.28. The highest BCUT2D eigenvalue weighted by molar-refractivity contribution is 7.05. The molecule has 6 heteroatoms. The zero-order chi connectivity index (χ0) is 14.9. The number of nitrogens with one attached hydrogen (secondary N) is 1. The monoisotopic (exact) mass is 313 g/mol. The lowest BCUT2D eigenvalue weighted by molar-refractivity contribution is 0.548. The largest absolute Gasteiger partial charge is 0.309 e. The third kappa shape index (κ3) is 3.00. The van der Waals surface area contributed by atoms with Crippen molar-refractivity contribution < 1.29 is 4.39 Å². The number of hydrogen-bond donors (Lipinski definition) is 1. The Morgan fingerprint density at radius 2 is 2.05 bits per heavy atom. The number of benzene rings is 1. The van der Waals surface area contributed by atoms with Gasteiger partial charge in [-0.05, 0) is 42.3 Å². The molecule has 0 fully saturated rings. The second-order valence-corrected chi connectivity index (χ2v) is 6.82. The van der Waals surface area contributed by atoms with E-state index in [-0.39, 0.29) is 17.3 Å². The van der Waals surface area contributed by atoms with Crippen molar-refractivity contribution in [3.05, 3.63) is 45.2 Å². The van der Waals surface area contributed by atoms with Crippen LogP contribution in [0.25, 0.3) is 0 Å². The standard InChI is InChI=1S/C14H17ClFN3S/c1-14(2,3)13-12(20-19-18-13)11(17-4)9-7-8(16)5-6-10(9)15/h5-7,11,17H,1-4H3. The zero-order valence-electron chi connectivity index (χ0n) is 11.9.